The average Bonchev–Trinajstić information content (AvgIpc) is 2.97. The standard InChI is InChI=1S/C21H19ClN2O4S/c1-14-7-8-16(22)17(11-14)28-13-19(25)23-9-10-24-20(26)18(29-21(24)27)12-15-5-3-2-4-6-15/h2-8,11-12H,9-10,13H2,1H3,(H,23,25)/b18-12-. The van der Waals surface area contributed by atoms with Crippen molar-refractivity contribution in [1.29, 1.82) is 0 Å². The highest BCUT2D eigenvalue weighted by Gasteiger charge is 2.34. The molecular weight excluding hydrogens is 412 g/mol. The summed E-state index contributed by atoms with van der Waals surface area (Å²) in [5, 5.41) is 2.71. The molecule has 0 saturated carbocycles. The van der Waals surface area contributed by atoms with E-state index in [2.05, 4.69) is 5.32 Å². The van der Waals surface area contributed by atoms with Gasteiger partial charge in [-0.25, -0.2) is 0 Å². The molecule has 8 heteroatoms. The van der Waals surface area contributed by atoms with Crippen molar-refractivity contribution in [3.8, 4) is 5.75 Å². The minimum Gasteiger partial charge on any atom is -0.482 e. The number of benzene rings is 2. The normalized spacial score (nSPS) is 15.1. The molecular formula is C21H19ClN2O4S. The van der Waals surface area contributed by atoms with Gasteiger partial charge in [-0.05, 0) is 48.0 Å². The number of halogens is 1. The first-order chi connectivity index (χ1) is 13.9. The van der Waals surface area contributed by atoms with Crippen molar-refractivity contribution in [3.05, 3.63) is 69.6 Å². The minimum absolute atomic E-state index is 0.0910. The molecule has 1 fully saturated rings. The van der Waals surface area contributed by atoms with Crippen LogP contribution >= 0.6 is 23.4 Å². The first-order valence-corrected chi connectivity index (χ1v) is 10.1. The third-order valence-corrected chi connectivity index (χ3v) is 5.29. The number of carbonyl (C=O) groups excluding carboxylic acids is 3. The number of nitrogens with zero attached hydrogens (tertiary/aromatic N) is 1. The summed E-state index contributed by atoms with van der Waals surface area (Å²) in [6.45, 7) is 1.92. The highest BCUT2D eigenvalue weighted by Crippen LogP contribution is 2.31. The number of carbonyl (C=O) groups is 3. The zero-order valence-corrected chi connectivity index (χ0v) is 17.3. The molecule has 3 amide bonds. The summed E-state index contributed by atoms with van der Waals surface area (Å²) in [6, 6.07) is 14.6. The number of ether oxygens (including phenoxy) is 1. The molecule has 0 bridgehead atoms. The molecule has 6 nitrogen and oxygen atoms in total. The molecule has 3 rings (SSSR count). The van der Waals surface area contributed by atoms with Gasteiger partial charge in [0, 0.05) is 13.1 Å². The van der Waals surface area contributed by atoms with Crippen molar-refractivity contribution in [2.75, 3.05) is 19.7 Å². The topological polar surface area (TPSA) is 75.7 Å². The molecule has 1 heterocycles. The first kappa shape index (κ1) is 21.0. The quantitative estimate of drug-likeness (QED) is 0.674. The summed E-state index contributed by atoms with van der Waals surface area (Å²) in [5.41, 5.74) is 1.81. The summed E-state index contributed by atoms with van der Waals surface area (Å²) in [4.78, 5) is 38.0. The maximum atomic E-state index is 12.4. The average molecular weight is 431 g/mol. The lowest BCUT2D eigenvalue weighted by Gasteiger charge is -2.13. The molecule has 150 valence electrons. The highest BCUT2D eigenvalue weighted by molar-refractivity contribution is 8.18. The molecule has 1 aliphatic rings. The summed E-state index contributed by atoms with van der Waals surface area (Å²) < 4.78 is 5.42. The summed E-state index contributed by atoms with van der Waals surface area (Å²) >= 11 is 6.92. The predicted molar refractivity (Wildman–Crippen MR) is 114 cm³/mol. The molecule has 0 spiro atoms. The van der Waals surface area contributed by atoms with Gasteiger partial charge in [0.2, 0.25) is 0 Å². The lowest BCUT2D eigenvalue weighted by molar-refractivity contribution is -0.125. The van der Waals surface area contributed by atoms with Crippen LogP contribution in [0.25, 0.3) is 6.08 Å². The van der Waals surface area contributed by atoms with Crippen molar-refractivity contribution in [3.63, 3.8) is 0 Å². The van der Waals surface area contributed by atoms with E-state index in [0.29, 0.717) is 15.7 Å². The Morgan fingerprint density at radius 1 is 1.21 bits per heavy atom. The van der Waals surface area contributed by atoms with Crippen LogP contribution < -0.4 is 10.1 Å². The monoisotopic (exact) mass is 430 g/mol. The number of aryl methyl sites for hydroxylation is 1. The van der Waals surface area contributed by atoms with Gasteiger partial charge in [-0.15, -0.1) is 0 Å². The van der Waals surface area contributed by atoms with E-state index in [1.807, 2.05) is 43.3 Å². The van der Waals surface area contributed by atoms with E-state index in [0.717, 1.165) is 27.8 Å². The van der Waals surface area contributed by atoms with Crippen LogP contribution in [0.4, 0.5) is 4.79 Å². The van der Waals surface area contributed by atoms with Gasteiger partial charge in [-0.2, -0.15) is 0 Å². The van der Waals surface area contributed by atoms with Crippen LogP contribution in [0.2, 0.25) is 5.02 Å². The SMILES string of the molecule is Cc1ccc(Cl)c(OCC(=O)NCCN2C(=O)S/C(=C\c3ccccc3)C2=O)c1. The Balaban J connectivity index is 1.48. The first-order valence-electron chi connectivity index (χ1n) is 8.90. The van der Waals surface area contributed by atoms with Gasteiger partial charge in [0.1, 0.15) is 5.75 Å². The van der Waals surface area contributed by atoms with Gasteiger partial charge in [0.15, 0.2) is 6.61 Å². The molecule has 0 aromatic heterocycles. The predicted octanol–water partition coefficient (Wildman–Crippen LogP) is 3.88. The summed E-state index contributed by atoms with van der Waals surface area (Å²) in [6.07, 6.45) is 1.68. The molecule has 0 aliphatic carbocycles. The second-order valence-electron chi connectivity index (χ2n) is 6.32. The van der Waals surface area contributed by atoms with Crippen LogP contribution in [0.1, 0.15) is 11.1 Å². The van der Waals surface area contributed by atoms with Gasteiger partial charge < -0.3 is 10.1 Å². The highest BCUT2D eigenvalue weighted by atomic mass is 35.5. The van der Waals surface area contributed by atoms with Crippen LogP contribution in [-0.4, -0.2) is 41.6 Å². The number of nitrogens with one attached hydrogen (secondary N) is 1. The minimum atomic E-state index is -0.366. The Morgan fingerprint density at radius 2 is 1.97 bits per heavy atom. The Bertz CT molecular complexity index is 962. The third kappa shape index (κ3) is 5.62. The van der Waals surface area contributed by atoms with Crippen molar-refractivity contribution >= 4 is 46.5 Å². The van der Waals surface area contributed by atoms with E-state index in [9.17, 15) is 14.4 Å². The lowest BCUT2D eigenvalue weighted by Crippen LogP contribution is -2.38. The molecule has 1 saturated heterocycles. The van der Waals surface area contributed by atoms with E-state index >= 15 is 0 Å². The lowest BCUT2D eigenvalue weighted by atomic mass is 10.2. The summed E-state index contributed by atoms with van der Waals surface area (Å²) in [5.74, 6) is -0.297. The fourth-order valence-corrected chi connectivity index (χ4v) is 3.65. The molecule has 1 aliphatic heterocycles. The van der Waals surface area contributed by atoms with Crippen LogP contribution in [0.15, 0.2) is 53.4 Å². The van der Waals surface area contributed by atoms with Crippen LogP contribution in [0.5, 0.6) is 5.75 Å². The van der Waals surface area contributed by atoms with Crippen LogP contribution in [0, 0.1) is 6.92 Å². The van der Waals surface area contributed by atoms with E-state index in [1.165, 1.54) is 0 Å². The molecule has 2 aromatic carbocycles. The number of rotatable bonds is 7. The van der Waals surface area contributed by atoms with Gasteiger partial charge in [0.25, 0.3) is 17.1 Å². The molecule has 1 N–H and O–H groups in total. The second-order valence-corrected chi connectivity index (χ2v) is 7.72. The van der Waals surface area contributed by atoms with Gasteiger partial charge in [-0.3, -0.25) is 19.3 Å². The molecule has 2 aromatic rings. The Labute approximate surface area is 177 Å². The third-order valence-electron chi connectivity index (χ3n) is 4.07. The molecule has 0 unspecified atom stereocenters. The Kier molecular flexibility index (Phi) is 6.95. The van der Waals surface area contributed by atoms with Crippen molar-refractivity contribution in [1.82, 2.24) is 10.2 Å². The van der Waals surface area contributed by atoms with Gasteiger partial charge in [-0.1, -0.05) is 48.0 Å². The van der Waals surface area contributed by atoms with E-state index < -0.39 is 0 Å². The zero-order chi connectivity index (χ0) is 20.8. The van der Waals surface area contributed by atoms with E-state index in [4.69, 9.17) is 16.3 Å². The van der Waals surface area contributed by atoms with Gasteiger partial charge in [0.05, 0.1) is 9.93 Å². The fraction of sp³-hybridized carbons (Fsp3) is 0.190. The van der Waals surface area contributed by atoms with Gasteiger partial charge >= 0.3 is 0 Å². The Hall–Kier alpha value is -2.77. The van der Waals surface area contributed by atoms with Crippen molar-refractivity contribution in [2.24, 2.45) is 0 Å². The zero-order valence-electron chi connectivity index (χ0n) is 15.7. The molecule has 29 heavy (non-hydrogen) atoms. The number of hydrogen-bond acceptors (Lipinski definition) is 5. The maximum absolute atomic E-state index is 12.4. The number of amides is 3. The molecule has 0 radical (unpaired) electrons. The van der Waals surface area contributed by atoms with E-state index in [-0.39, 0.29) is 36.7 Å². The largest absolute Gasteiger partial charge is 0.482 e. The van der Waals surface area contributed by atoms with Crippen LogP contribution in [-0.2, 0) is 9.59 Å². The molecule has 0 atom stereocenters. The maximum Gasteiger partial charge on any atom is 0.293 e. The van der Waals surface area contributed by atoms with Crippen LogP contribution in [0.3, 0.4) is 0 Å². The van der Waals surface area contributed by atoms with Crippen molar-refractivity contribution < 1.29 is 19.1 Å². The number of thioether (sulfide) groups is 1. The number of hydrogen-bond donors (Lipinski definition) is 1. The summed E-state index contributed by atoms with van der Waals surface area (Å²) in [7, 11) is 0. The van der Waals surface area contributed by atoms with E-state index in [1.54, 1.807) is 18.2 Å². The van der Waals surface area contributed by atoms with Crippen molar-refractivity contribution in [2.45, 2.75) is 6.92 Å². The smallest absolute Gasteiger partial charge is 0.293 e. The fourth-order valence-electron chi connectivity index (χ4n) is 2.62. The Morgan fingerprint density at radius 3 is 2.72 bits per heavy atom. The number of imide groups is 1. The second kappa shape index (κ2) is 9.62.